The fourth-order valence-electron chi connectivity index (χ4n) is 3.22. The van der Waals surface area contributed by atoms with Crippen molar-refractivity contribution >= 4 is 21.8 Å². The Morgan fingerprint density at radius 3 is 2.60 bits per heavy atom. The van der Waals surface area contributed by atoms with E-state index in [-0.39, 0.29) is 0 Å². The summed E-state index contributed by atoms with van der Waals surface area (Å²) in [4.78, 5) is 12.2. The number of pyridine rings is 2. The molecule has 5 rings (SSSR count). The molecule has 0 fully saturated rings. The quantitative estimate of drug-likeness (QED) is 0.530. The van der Waals surface area contributed by atoms with Gasteiger partial charge in [-0.1, -0.05) is 6.07 Å². The first-order valence-electron chi connectivity index (χ1n) is 8.09. The number of aryl methyl sites for hydroxylation is 1. The normalized spacial score (nSPS) is 11.4. The molecule has 0 unspecified atom stereocenters. The number of hydrogen-bond acceptors (Lipinski definition) is 3. The van der Waals surface area contributed by atoms with Crippen molar-refractivity contribution in [2.24, 2.45) is 7.05 Å². The molecule has 0 spiro atoms. The van der Waals surface area contributed by atoms with Crippen molar-refractivity contribution in [3.8, 4) is 22.4 Å². The van der Waals surface area contributed by atoms with E-state index in [1.165, 1.54) is 5.39 Å². The van der Waals surface area contributed by atoms with E-state index >= 15 is 0 Å². The van der Waals surface area contributed by atoms with E-state index in [9.17, 15) is 0 Å². The Kier molecular flexibility index (Phi) is 2.94. The molecular formula is C20H15N5. The lowest BCUT2D eigenvalue weighted by Gasteiger charge is -2.01. The van der Waals surface area contributed by atoms with Gasteiger partial charge in [0, 0.05) is 53.1 Å². The number of H-pyrrole nitrogens is 1. The Hall–Kier alpha value is -3.47. The third-order valence-corrected chi connectivity index (χ3v) is 4.48. The molecule has 0 saturated heterocycles. The summed E-state index contributed by atoms with van der Waals surface area (Å²) >= 11 is 0. The summed E-state index contributed by atoms with van der Waals surface area (Å²) in [6.45, 7) is 0. The molecule has 4 aromatic heterocycles. The Balaban J connectivity index is 1.73. The maximum atomic E-state index is 4.57. The second-order valence-electron chi connectivity index (χ2n) is 6.14. The molecule has 0 amide bonds. The van der Waals surface area contributed by atoms with Crippen molar-refractivity contribution in [1.82, 2.24) is 24.7 Å². The Morgan fingerprint density at radius 1 is 0.880 bits per heavy atom. The molecule has 25 heavy (non-hydrogen) atoms. The highest BCUT2D eigenvalue weighted by Gasteiger charge is 2.09. The van der Waals surface area contributed by atoms with E-state index in [1.54, 1.807) is 6.20 Å². The predicted octanol–water partition coefficient (Wildman–Crippen LogP) is 4.18. The minimum atomic E-state index is 0.924. The molecule has 1 aromatic carbocycles. The van der Waals surface area contributed by atoms with Crippen LogP contribution in [0.1, 0.15) is 0 Å². The number of rotatable bonds is 2. The van der Waals surface area contributed by atoms with Gasteiger partial charge in [0.05, 0.1) is 23.6 Å². The highest BCUT2D eigenvalue weighted by Crippen LogP contribution is 2.31. The minimum Gasteiger partial charge on any atom is -0.353 e. The average molecular weight is 325 g/mol. The van der Waals surface area contributed by atoms with Crippen LogP contribution in [-0.2, 0) is 7.05 Å². The molecule has 0 bridgehead atoms. The molecular weight excluding hydrogens is 310 g/mol. The van der Waals surface area contributed by atoms with E-state index in [0.717, 1.165) is 38.8 Å². The van der Waals surface area contributed by atoms with E-state index < -0.39 is 0 Å². The maximum Gasteiger partial charge on any atom is 0.0725 e. The lowest BCUT2D eigenvalue weighted by Crippen LogP contribution is -1.84. The third-order valence-electron chi connectivity index (χ3n) is 4.48. The highest BCUT2D eigenvalue weighted by atomic mass is 15.2. The van der Waals surface area contributed by atoms with Crippen LogP contribution >= 0.6 is 0 Å². The van der Waals surface area contributed by atoms with Crippen LogP contribution < -0.4 is 0 Å². The fraction of sp³-hybridized carbons (Fsp3) is 0.0500. The maximum absolute atomic E-state index is 4.57. The van der Waals surface area contributed by atoms with Crippen molar-refractivity contribution < 1.29 is 0 Å². The van der Waals surface area contributed by atoms with Crippen LogP contribution in [0.5, 0.6) is 0 Å². The zero-order chi connectivity index (χ0) is 16.8. The molecule has 5 aromatic rings. The summed E-state index contributed by atoms with van der Waals surface area (Å²) in [5.41, 5.74) is 6.34. The van der Waals surface area contributed by atoms with Crippen molar-refractivity contribution in [3.63, 3.8) is 0 Å². The molecule has 0 radical (unpaired) electrons. The Bertz CT molecular complexity index is 1200. The Labute approximate surface area is 144 Å². The summed E-state index contributed by atoms with van der Waals surface area (Å²) in [7, 11) is 1.93. The minimum absolute atomic E-state index is 0.924. The number of nitrogens with one attached hydrogen (secondary N) is 1. The van der Waals surface area contributed by atoms with Gasteiger partial charge in [0.25, 0.3) is 0 Å². The van der Waals surface area contributed by atoms with Crippen LogP contribution in [-0.4, -0.2) is 24.7 Å². The first kappa shape index (κ1) is 13.9. The van der Waals surface area contributed by atoms with Crippen LogP contribution in [0.4, 0.5) is 0 Å². The molecule has 5 heteroatoms. The SMILES string of the molecule is Cn1cc(-c2ccc3[nH]c4cnc(-c5cccnc5)cc4c3c2)cn1. The molecule has 4 heterocycles. The van der Waals surface area contributed by atoms with Gasteiger partial charge in [0.1, 0.15) is 0 Å². The van der Waals surface area contributed by atoms with Gasteiger partial charge >= 0.3 is 0 Å². The summed E-state index contributed by atoms with van der Waals surface area (Å²) in [5.74, 6) is 0. The number of hydrogen-bond donors (Lipinski definition) is 1. The summed E-state index contributed by atoms with van der Waals surface area (Å²) < 4.78 is 1.82. The molecule has 0 aliphatic heterocycles. The lowest BCUT2D eigenvalue weighted by molar-refractivity contribution is 0.768. The van der Waals surface area contributed by atoms with Gasteiger partial charge in [-0.15, -0.1) is 0 Å². The zero-order valence-corrected chi connectivity index (χ0v) is 13.6. The van der Waals surface area contributed by atoms with E-state index in [4.69, 9.17) is 0 Å². The molecule has 0 saturated carbocycles. The van der Waals surface area contributed by atoms with Crippen LogP contribution in [0.3, 0.4) is 0 Å². The molecule has 120 valence electrons. The van der Waals surface area contributed by atoms with Gasteiger partial charge < -0.3 is 4.98 Å². The van der Waals surface area contributed by atoms with Crippen LogP contribution in [0.15, 0.2) is 67.4 Å². The average Bonchev–Trinajstić information content (AvgIpc) is 3.25. The van der Waals surface area contributed by atoms with Gasteiger partial charge in [-0.2, -0.15) is 5.10 Å². The van der Waals surface area contributed by atoms with Gasteiger partial charge in [-0.05, 0) is 35.9 Å². The molecule has 0 aliphatic carbocycles. The van der Waals surface area contributed by atoms with E-state index in [0.29, 0.717) is 0 Å². The van der Waals surface area contributed by atoms with E-state index in [2.05, 4.69) is 44.3 Å². The highest BCUT2D eigenvalue weighted by molar-refractivity contribution is 6.09. The predicted molar refractivity (Wildman–Crippen MR) is 99.0 cm³/mol. The first-order chi connectivity index (χ1) is 12.3. The van der Waals surface area contributed by atoms with Crippen molar-refractivity contribution in [1.29, 1.82) is 0 Å². The first-order valence-corrected chi connectivity index (χ1v) is 8.09. The van der Waals surface area contributed by atoms with Gasteiger partial charge in [-0.25, -0.2) is 0 Å². The monoisotopic (exact) mass is 325 g/mol. The van der Waals surface area contributed by atoms with E-state index in [1.807, 2.05) is 48.6 Å². The number of aromatic amines is 1. The second kappa shape index (κ2) is 5.27. The smallest absolute Gasteiger partial charge is 0.0725 e. The number of fused-ring (bicyclic) bond motifs is 3. The van der Waals surface area contributed by atoms with Crippen LogP contribution in [0.2, 0.25) is 0 Å². The standard InChI is InChI=1S/C20H15N5/c1-25-12-15(10-23-25)13-4-5-18-16(7-13)17-8-19(22-11-20(17)24-18)14-3-2-6-21-9-14/h2-12,24H,1H3. The van der Waals surface area contributed by atoms with Crippen molar-refractivity contribution in [2.45, 2.75) is 0 Å². The van der Waals surface area contributed by atoms with Crippen LogP contribution in [0, 0.1) is 0 Å². The van der Waals surface area contributed by atoms with Gasteiger partial charge in [0.15, 0.2) is 0 Å². The Morgan fingerprint density at radius 2 is 1.80 bits per heavy atom. The summed E-state index contributed by atoms with van der Waals surface area (Å²) in [5, 5.41) is 6.61. The van der Waals surface area contributed by atoms with Gasteiger partial charge in [-0.3, -0.25) is 14.6 Å². The summed E-state index contributed by atoms with van der Waals surface area (Å²) in [6, 6.07) is 12.5. The number of benzene rings is 1. The number of nitrogens with zero attached hydrogens (tertiary/aromatic N) is 4. The third kappa shape index (κ3) is 2.29. The fourth-order valence-corrected chi connectivity index (χ4v) is 3.22. The zero-order valence-electron chi connectivity index (χ0n) is 13.6. The molecule has 0 atom stereocenters. The topological polar surface area (TPSA) is 59.4 Å². The largest absolute Gasteiger partial charge is 0.353 e. The summed E-state index contributed by atoms with van der Waals surface area (Å²) in [6.07, 6.45) is 9.41. The van der Waals surface area contributed by atoms with Gasteiger partial charge in [0.2, 0.25) is 0 Å². The lowest BCUT2D eigenvalue weighted by atomic mass is 10.0. The molecule has 1 N–H and O–H groups in total. The van der Waals surface area contributed by atoms with Crippen molar-refractivity contribution in [2.75, 3.05) is 0 Å². The molecule has 5 nitrogen and oxygen atoms in total. The second-order valence-corrected chi connectivity index (χ2v) is 6.14. The number of aromatic nitrogens is 5. The van der Waals surface area contributed by atoms with Crippen LogP contribution in [0.25, 0.3) is 44.2 Å². The van der Waals surface area contributed by atoms with Crippen molar-refractivity contribution in [3.05, 3.63) is 67.4 Å². The molecule has 0 aliphatic rings.